The Morgan fingerprint density at radius 2 is 2.00 bits per heavy atom. The molecule has 1 aromatic rings. The van der Waals surface area contributed by atoms with E-state index in [0.29, 0.717) is 5.37 Å². The van der Waals surface area contributed by atoms with E-state index in [1.165, 1.54) is 4.90 Å². The molecule has 1 aromatic carbocycles. The second-order valence-electron chi connectivity index (χ2n) is 4.61. The van der Waals surface area contributed by atoms with Crippen molar-refractivity contribution >= 4 is 29.4 Å². The number of ether oxygens (including phenoxy) is 1. The van der Waals surface area contributed by atoms with Crippen LogP contribution < -0.4 is 5.32 Å². The summed E-state index contributed by atoms with van der Waals surface area (Å²) in [7, 11) is 0. The zero-order chi connectivity index (χ0) is 12.7. The highest BCUT2D eigenvalue weighted by Gasteiger charge is 2.29. The van der Waals surface area contributed by atoms with E-state index < -0.39 is 11.9 Å². The molecule has 2 aliphatic heterocycles. The molecule has 3 rings (SSSR count). The van der Waals surface area contributed by atoms with Crippen molar-refractivity contribution in [3.63, 3.8) is 0 Å². The first-order valence-electron chi connectivity index (χ1n) is 5.92. The summed E-state index contributed by atoms with van der Waals surface area (Å²) in [6.45, 7) is 2.10. The van der Waals surface area contributed by atoms with Gasteiger partial charge in [0.2, 0.25) is 0 Å². The van der Waals surface area contributed by atoms with Crippen LogP contribution in [0.4, 0.5) is 5.69 Å². The molecule has 0 amide bonds. The van der Waals surface area contributed by atoms with Crippen LogP contribution in [0.1, 0.15) is 31.2 Å². The predicted octanol–water partition coefficient (Wildman–Crippen LogP) is 2.50. The number of esters is 2. The van der Waals surface area contributed by atoms with Gasteiger partial charge in [0.15, 0.2) is 0 Å². The monoisotopic (exact) mass is 263 g/mol. The van der Waals surface area contributed by atoms with E-state index in [0.717, 1.165) is 11.3 Å². The largest absolute Gasteiger partial charge is 0.393 e. The normalized spacial score (nSPS) is 23.5. The van der Waals surface area contributed by atoms with Gasteiger partial charge in [0.25, 0.3) is 0 Å². The Kier molecular flexibility index (Phi) is 2.78. The first kappa shape index (κ1) is 11.6. The van der Waals surface area contributed by atoms with E-state index in [9.17, 15) is 9.59 Å². The number of benzene rings is 1. The standard InChI is InChI=1S/C13H13NO3S/c1-7-14-10-4-8(2-3-11(10)18-7)9-5-12(15)17-13(16)6-9/h2-4,7,9,14H,5-6H2,1H3. The molecule has 1 unspecified atom stereocenters. The smallest absolute Gasteiger partial charge is 0.314 e. The third-order valence-electron chi connectivity index (χ3n) is 3.19. The Labute approximate surface area is 109 Å². The van der Waals surface area contributed by atoms with Gasteiger partial charge in [-0.1, -0.05) is 17.8 Å². The Bertz CT molecular complexity index is 513. The van der Waals surface area contributed by atoms with Crippen molar-refractivity contribution in [1.29, 1.82) is 0 Å². The third-order valence-corrected chi connectivity index (χ3v) is 4.27. The quantitative estimate of drug-likeness (QED) is 0.623. The van der Waals surface area contributed by atoms with Crippen LogP contribution in [0.5, 0.6) is 0 Å². The average Bonchev–Trinajstić information content (AvgIpc) is 2.66. The molecule has 0 bridgehead atoms. The summed E-state index contributed by atoms with van der Waals surface area (Å²) in [5.74, 6) is -0.897. The van der Waals surface area contributed by atoms with Crippen LogP contribution in [0.2, 0.25) is 0 Å². The maximum atomic E-state index is 11.3. The van der Waals surface area contributed by atoms with E-state index >= 15 is 0 Å². The highest BCUT2D eigenvalue weighted by molar-refractivity contribution is 8.00. The minimum Gasteiger partial charge on any atom is -0.393 e. The SMILES string of the molecule is CC1Nc2cc(C3CC(=O)OC(=O)C3)ccc2S1. The molecule has 0 radical (unpaired) electrons. The Balaban J connectivity index is 1.87. The average molecular weight is 263 g/mol. The third kappa shape index (κ3) is 2.10. The van der Waals surface area contributed by atoms with Gasteiger partial charge < -0.3 is 10.1 Å². The molecule has 0 spiro atoms. The molecule has 18 heavy (non-hydrogen) atoms. The van der Waals surface area contributed by atoms with Crippen molar-refractivity contribution < 1.29 is 14.3 Å². The Hall–Kier alpha value is -1.49. The van der Waals surface area contributed by atoms with Crippen LogP contribution in [-0.2, 0) is 14.3 Å². The number of carbonyl (C=O) groups is 2. The molecule has 4 nitrogen and oxygen atoms in total. The molecule has 0 aliphatic carbocycles. The van der Waals surface area contributed by atoms with Crippen LogP contribution in [0.15, 0.2) is 23.1 Å². The van der Waals surface area contributed by atoms with Crippen LogP contribution >= 0.6 is 11.8 Å². The molecule has 1 fully saturated rings. The lowest BCUT2D eigenvalue weighted by Gasteiger charge is -2.20. The van der Waals surface area contributed by atoms with Crippen molar-refractivity contribution in [2.75, 3.05) is 5.32 Å². The van der Waals surface area contributed by atoms with Gasteiger partial charge in [0.05, 0.1) is 18.2 Å². The van der Waals surface area contributed by atoms with Crippen LogP contribution in [-0.4, -0.2) is 17.3 Å². The minimum atomic E-state index is -0.424. The number of carbonyl (C=O) groups excluding carboxylic acids is 2. The van der Waals surface area contributed by atoms with E-state index in [-0.39, 0.29) is 18.8 Å². The number of cyclic esters (lactones) is 2. The summed E-state index contributed by atoms with van der Waals surface area (Å²) < 4.78 is 4.55. The summed E-state index contributed by atoms with van der Waals surface area (Å²) in [4.78, 5) is 23.8. The van der Waals surface area contributed by atoms with Crippen molar-refractivity contribution in [3.8, 4) is 0 Å². The maximum absolute atomic E-state index is 11.3. The number of anilines is 1. The minimum absolute atomic E-state index is 0.0493. The topological polar surface area (TPSA) is 55.4 Å². The second-order valence-corrected chi connectivity index (χ2v) is 5.99. The number of hydrogen-bond acceptors (Lipinski definition) is 5. The van der Waals surface area contributed by atoms with Gasteiger partial charge in [-0.3, -0.25) is 9.59 Å². The van der Waals surface area contributed by atoms with Crippen molar-refractivity contribution in [2.45, 2.75) is 36.0 Å². The number of hydrogen-bond donors (Lipinski definition) is 1. The molecule has 0 aromatic heterocycles. The lowest BCUT2D eigenvalue weighted by molar-refractivity contribution is -0.163. The Morgan fingerprint density at radius 1 is 1.28 bits per heavy atom. The lowest BCUT2D eigenvalue weighted by atomic mass is 9.91. The molecule has 5 heteroatoms. The molecular formula is C13H13NO3S. The first-order chi connectivity index (χ1) is 8.61. The van der Waals surface area contributed by atoms with Gasteiger partial charge in [-0.15, -0.1) is 0 Å². The van der Waals surface area contributed by atoms with E-state index in [4.69, 9.17) is 0 Å². The molecule has 1 N–H and O–H groups in total. The number of thioether (sulfide) groups is 1. The predicted molar refractivity (Wildman–Crippen MR) is 68.5 cm³/mol. The summed E-state index contributed by atoms with van der Waals surface area (Å²) in [6.07, 6.45) is 0.570. The number of fused-ring (bicyclic) bond motifs is 1. The zero-order valence-electron chi connectivity index (χ0n) is 9.93. The summed E-state index contributed by atoms with van der Waals surface area (Å²) in [5, 5.41) is 3.73. The maximum Gasteiger partial charge on any atom is 0.314 e. The molecule has 0 saturated carbocycles. The van der Waals surface area contributed by atoms with Gasteiger partial charge in [-0.25, -0.2) is 0 Å². The first-order valence-corrected chi connectivity index (χ1v) is 6.80. The molecule has 1 atom stereocenters. The molecule has 2 heterocycles. The second kappa shape index (κ2) is 4.31. The van der Waals surface area contributed by atoms with E-state index in [1.54, 1.807) is 11.8 Å². The van der Waals surface area contributed by atoms with Gasteiger partial charge in [0, 0.05) is 16.5 Å². The van der Waals surface area contributed by atoms with E-state index in [1.807, 2.05) is 12.1 Å². The summed E-state index contributed by atoms with van der Waals surface area (Å²) in [6, 6.07) is 6.10. The van der Waals surface area contributed by atoms with Gasteiger partial charge >= 0.3 is 11.9 Å². The fourth-order valence-corrected chi connectivity index (χ4v) is 3.33. The number of nitrogens with one attached hydrogen (secondary N) is 1. The van der Waals surface area contributed by atoms with Gasteiger partial charge in [-0.2, -0.15) is 0 Å². The fraction of sp³-hybridized carbons (Fsp3) is 0.385. The highest BCUT2D eigenvalue weighted by atomic mass is 32.2. The highest BCUT2D eigenvalue weighted by Crippen LogP contribution is 2.40. The summed E-state index contributed by atoms with van der Waals surface area (Å²) >= 11 is 1.78. The van der Waals surface area contributed by atoms with Crippen molar-refractivity contribution in [3.05, 3.63) is 23.8 Å². The zero-order valence-corrected chi connectivity index (χ0v) is 10.8. The summed E-state index contributed by atoms with van der Waals surface area (Å²) in [5.41, 5.74) is 2.12. The molecule has 94 valence electrons. The molecule has 1 saturated heterocycles. The van der Waals surface area contributed by atoms with Crippen LogP contribution in [0.3, 0.4) is 0 Å². The lowest BCUT2D eigenvalue weighted by Crippen LogP contribution is -2.24. The number of rotatable bonds is 1. The fourth-order valence-electron chi connectivity index (χ4n) is 2.38. The molecular weight excluding hydrogens is 250 g/mol. The Morgan fingerprint density at radius 3 is 2.72 bits per heavy atom. The van der Waals surface area contributed by atoms with Crippen LogP contribution in [0.25, 0.3) is 0 Å². The van der Waals surface area contributed by atoms with Gasteiger partial charge in [0.1, 0.15) is 0 Å². The van der Waals surface area contributed by atoms with Gasteiger partial charge in [-0.05, 0) is 24.6 Å². The van der Waals surface area contributed by atoms with E-state index in [2.05, 4.69) is 23.0 Å². The van der Waals surface area contributed by atoms with Crippen molar-refractivity contribution in [1.82, 2.24) is 0 Å². The van der Waals surface area contributed by atoms with Crippen molar-refractivity contribution in [2.24, 2.45) is 0 Å². The molecule has 2 aliphatic rings. The van der Waals surface area contributed by atoms with Crippen LogP contribution in [0, 0.1) is 0 Å².